The summed E-state index contributed by atoms with van der Waals surface area (Å²) in [6.07, 6.45) is 2.71. The first-order valence-corrected chi connectivity index (χ1v) is 11.2. The molecule has 0 aliphatic heterocycles. The normalized spacial score (nSPS) is 11.1. The Labute approximate surface area is 207 Å². The van der Waals surface area contributed by atoms with Crippen LogP contribution in [0.1, 0.15) is 27.9 Å². The Bertz CT molecular complexity index is 1170. The van der Waals surface area contributed by atoms with Crippen LogP contribution in [0.3, 0.4) is 0 Å². The Kier molecular flexibility index (Phi) is 8.55. The van der Waals surface area contributed by atoms with Crippen molar-refractivity contribution in [2.45, 2.75) is 26.9 Å². The number of carbonyl (C=O) groups is 2. The fraction of sp³-hybridized carbons (Fsp3) is 0.208. The van der Waals surface area contributed by atoms with Gasteiger partial charge in [-0.05, 0) is 37.6 Å². The van der Waals surface area contributed by atoms with Crippen LogP contribution in [0.5, 0.6) is 0 Å². The van der Waals surface area contributed by atoms with Gasteiger partial charge in [0.25, 0.3) is 5.91 Å². The average molecular weight is 507 g/mol. The molecule has 2 aromatic carbocycles. The fourth-order valence-corrected chi connectivity index (χ4v) is 3.80. The van der Waals surface area contributed by atoms with E-state index in [1.165, 1.54) is 12.2 Å². The lowest BCUT2D eigenvalue weighted by Gasteiger charge is -2.08. The zero-order valence-electron chi connectivity index (χ0n) is 18.1. The molecule has 0 aliphatic carbocycles. The molecule has 33 heavy (non-hydrogen) atoms. The monoisotopic (exact) mass is 505 g/mol. The Morgan fingerprint density at radius 3 is 2.39 bits per heavy atom. The number of ether oxygens (including phenoxy) is 1. The molecule has 3 rings (SSSR count). The summed E-state index contributed by atoms with van der Waals surface area (Å²) < 4.78 is 6.55. The highest BCUT2D eigenvalue weighted by molar-refractivity contribution is 6.36. The van der Waals surface area contributed by atoms with E-state index in [0.29, 0.717) is 38.6 Å². The van der Waals surface area contributed by atoms with Gasteiger partial charge in [0.05, 0.1) is 12.2 Å². The van der Waals surface area contributed by atoms with E-state index in [0.717, 1.165) is 11.1 Å². The summed E-state index contributed by atoms with van der Waals surface area (Å²) in [4.78, 5) is 24.0. The van der Waals surface area contributed by atoms with Gasteiger partial charge in [-0.2, -0.15) is 5.10 Å². The maximum atomic E-state index is 12.0. The number of carbonyl (C=O) groups excluding carboxylic acids is 2. The minimum Gasteiger partial charge on any atom is -0.452 e. The number of esters is 1. The van der Waals surface area contributed by atoms with Crippen LogP contribution in [0.25, 0.3) is 6.08 Å². The molecule has 0 spiro atoms. The number of benzene rings is 2. The number of aromatic nitrogens is 2. The molecule has 172 valence electrons. The molecule has 3 aromatic rings. The van der Waals surface area contributed by atoms with Gasteiger partial charge in [0.1, 0.15) is 5.15 Å². The van der Waals surface area contributed by atoms with E-state index in [4.69, 9.17) is 39.5 Å². The summed E-state index contributed by atoms with van der Waals surface area (Å²) in [6.45, 7) is 4.00. The number of halogens is 3. The average Bonchev–Trinajstić information content (AvgIpc) is 3.05. The molecule has 0 fully saturated rings. The molecular weight excluding hydrogens is 485 g/mol. The van der Waals surface area contributed by atoms with E-state index >= 15 is 0 Å². The lowest BCUT2D eigenvalue weighted by molar-refractivity contribution is -0.143. The molecule has 1 aromatic heterocycles. The van der Waals surface area contributed by atoms with Crippen LogP contribution in [-0.2, 0) is 27.4 Å². The Hall–Kier alpha value is -2.80. The molecule has 0 aliphatic rings. The van der Waals surface area contributed by atoms with Crippen molar-refractivity contribution in [3.63, 3.8) is 0 Å². The predicted octanol–water partition coefficient (Wildman–Crippen LogP) is 5.38. The summed E-state index contributed by atoms with van der Waals surface area (Å²) in [5.74, 6) is -1.06. The third-order valence-corrected chi connectivity index (χ3v) is 5.93. The lowest BCUT2D eigenvalue weighted by atomic mass is 10.1. The number of hydrogen-bond acceptors (Lipinski definition) is 4. The summed E-state index contributed by atoms with van der Waals surface area (Å²) >= 11 is 18.9. The zero-order valence-corrected chi connectivity index (χ0v) is 20.3. The van der Waals surface area contributed by atoms with Crippen molar-refractivity contribution < 1.29 is 14.3 Å². The molecule has 1 heterocycles. The van der Waals surface area contributed by atoms with Gasteiger partial charge < -0.3 is 10.1 Å². The summed E-state index contributed by atoms with van der Waals surface area (Å²) in [5.41, 5.74) is 3.96. The molecule has 0 unspecified atom stereocenters. The molecule has 6 nitrogen and oxygen atoms in total. The maximum Gasteiger partial charge on any atom is 0.331 e. The van der Waals surface area contributed by atoms with Crippen LogP contribution in [0, 0.1) is 13.8 Å². The molecule has 0 saturated carbocycles. The minimum atomic E-state index is -0.669. The number of rotatable bonds is 8. The first kappa shape index (κ1) is 24.8. The first-order chi connectivity index (χ1) is 15.7. The summed E-state index contributed by atoms with van der Waals surface area (Å²) in [5, 5.41) is 8.44. The van der Waals surface area contributed by atoms with Crippen molar-refractivity contribution in [2.24, 2.45) is 0 Å². The van der Waals surface area contributed by atoms with Gasteiger partial charge in [-0.25, -0.2) is 9.48 Å². The standard InChI is InChI=1S/C24H22Cl3N3O3/c1-15-6-8-17(9-7-15)12-28-22(31)14-33-23(32)11-10-18-16(2)29-30(24(18)27)13-19-20(25)4-3-5-21(19)26/h3-11H,12-14H2,1-2H3,(H,28,31). The van der Waals surface area contributed by atoms with Crippen molar-refractivity contribution in [2.75, 3.05) is 6.61 Å². The second-order valence-corrected chi connectivity index (χ2v) is 8.52. The Morgan fingerprint density at radius 2 is 1.73 bits per heavy atom. The van der Waals surface area contributed by atoms with Crippen molar-refractivity contribution in [1.82, 2.24) is 15.1 Å². The third-order valence-electron chi connectivity index (χ3n) is 4.82. The van der Waals surface area contributed by atoms with Crippen LogP contribution >= 0.6 is 34.8 Å². The van der Waals surface area contributed by atoms with Gasteiger partial charge >= 0.3 is 5.97 Å². The molecule has 9 heteroatoms. The van der Waals surface area contributed by atoms with Crippen molar-refractivity contribution in [3.05, 3.63) is 91.7 Å². The van der Waals surface area contributed by atoms with E-state index in [1.54, 1.807) is 29.8 Å². The fourth-order valence-electron chi connectivity index (χ4n) is 2.99. The molecule has 0 radical (unpaired) electrons. The third kappa shape index (κ3) is 6.84. The molecule has 0 atom stereocenters. The van der Waals surface area contributed by atoms with Crippen LogP contribution in [0.15, 0.2) is 48.5 Å². The van der Waals surface area contributed by atoms with Gasteiger partial charge in [-0.1, -0.05) is 70.7 Å². The largest absolute Gasteiger partial charge is 0.452 e. The van der Waals surface area contributed by atoms with E-state index in [9.17, 15) is 9.59 Å². The number of amides is 1. The van der Waals surface area contributed by atoms with Gasteiger partial charge in [0.15, 0.2) is 6.61 Å². The zero-order chi connectivity index (χ0) is 24.0. The smallest absolute Gasteiger partial charge is 0.331 e. The van der Waals surface area contributed by atoms with Gasteiger partial charge in [-0.15, -0.1) is 0 Å². The number of nitrogens with zero attached hydrogens (tertiary/aromatic N) is 2. The summed E-state index contributed by atoms with van der Waals surface area (Å²) in [6, 6.07) is 13.0. The predicted molar refractivity (Wildman–Crippen MR) is 131 cm³/mol. The summed E-state index contributed by atoms with van der Waals surface area (Å²) in [7, 11) is 0. The van der Waals surface area contributed by atoms with Gasteiger partial charge in [0, 0.05) is 33.8 Å². The Balaban J connectivity index is 1.55. The molecule has 0 saturated heterocycles. The van der Waals surface area contributed by atoms with E-state index in [1.807, 2.05) is 31.2 Å². The molecular formula is C24H22Cl3N3O3. The van der Waals surface area contributed by atoms with Gasteiger partial charge in [0.2, 0.25) is 0 Å². The first-order valence-electron chi connectivity index (χ1n) is 10.1. The number of nitrogens with one attached hydrogen (secondary N) is 1. The molecule has 0 bridgehead atoms. The van der Waals surface area contributed by atoms with Crippen LogP contribution in [0.4, 0.5) is 0 Å². The second kappa shape index (κ2) is 11.4. The number of hydrogen-bond donors (Lipinski definition) is 1. The molecule has 1 N–H and O–H groups in total. The van der Waals surface area contributed by atoms with Crippen LogP contribution < -0.4 is 5.32 Å². The van der Waals surface area contributed by atoms with E-state index in [-0.39, 0.29) is 13.2 Å². The second-order valence-electron chi connectivity index (χ2n) is 7.35. The highest BCUT2D eigenvalue weighted by atomic mass is 35.5. The topological polar surface area (TPSA) is 73.2 Å². The molecule has 1 amide bonds. The van der Waals surface area contributed by atoms with Crippen molar-refractivity contribution in [3.8, 4) is 0 Å². The quantitative estimate of drug-likeness (QED) is 0.329. The van der Waals surface area contributed by atoms with Crippen molar-refractivity contribution in [1.29, 1.82) is 0 Å². The van der Waals surface area contributed by atoms with Crippen LogP contribution in [0.2, 0.25) is 15.2 Å². The lowest BCUT2D eigenvalue weighted by Crippen LogP contribution is -2.28. The van der Waals surface area contributed by atoms with Crippen molar-refractivity contribution >= 4 is 52.8 Å². The minimum absolute atomic E-state index is 0.275. The number of aryl methyl sites for hydroxylation is 2. The Morgan fingerprint density at radius 1 is 1.06 bits per heavy atom. The van der Waals surface area contributed by atoms with Crippen LogP contribution in [-0.4, -0.2) is 28.3 Å². The maximum absolute atomic E-state index is 12.0. The highest BCUT2D eigenvalue weighted by Crippen LogP contribution is 2.28. The van der Waals surface area contributed by atoms with E-state index < -0.39 is 11.9 Å². The van der Waals surface area contributed by atoms with E-state index in [2.05, 4.69) is 10.4 Å². The highest BCUT2D eigenvalue weighted by Gasteiger charge is 2.15. The SMILES string of the molecule is Cc1ccc(CNC(=O)COC(=O)C=Cc2c(C)nn(Cc3c(Cl)cccc3Cl)c2Cl)cc1. The van der Waals surface area contributed by atoms with Gasteiger partial charge in [-0.3, -0.25) is 4.79 Å².